The molecule has 18 heavy (non-hydrogen) atoms. The molecule has 0 amide bonds. The average molecular weight is 248 g/mol. The van der Waals surface area contributed by atoms with Crippen molar-refractivity contribution in [2.24, 2.45) is 0 Å². The van der Waals surface area contributed by atoms with Crippen molar-refractivity contribution in [3.63, 3.8) is 0 Å². The largest absolute Gasteiger partial charge is 0.312 e. The first-order valence-electron chi connectivity index (χ1n) is 7.18. The minimum absolute atomic E-state index is 0.433. The van der Waals surface area contributed by atoms with Gasteiger partial charge in [-0.05, 0) is 44.6 Å². The van der Waals surface area contributed by atoms with Gasteiger partial charge in [0.05, 0.1) is 0 Å². The number of nitrogens with one attached hydrogen (secondary N) is 1. The molecule has 2 nitrogen and oxygen atoms in total. The summed E-state index contributed by atoms with van der Waals surface area (Å²) in [5.74, 6) is 0. The zero-order valence-corrected chi connectivity index (χ0v) is 12.4. The maximum atomic E-state index is 3.46. The van der Waals surface area contributed by atoms with E-state index in [4.69, 9.17) is 0 Å². The molecule has 1 aromatic rings. The van der Waals surface area contributed by atoms with E-state index in [9.17, 15) is 0 Å². The van der Waals surface area contributed by atoms with E-state index in [1.807, 2.05) is 0 Å². The molecule has 1 aromatic carbocycles. The fourth-order valence-corrected chi connectivity index (χ4v) is 2.34. The Morgan fingerprint density at radius 1 is 1.22 bits per heavy atom. The highest BCUT2D eigenvalue weighted by atomic mass is 15.1. The first-order chi connectivity index (χ1) is 8.72. The van der Waals surface area contributed by atoms with Crippen molar-refractivity contribution in [1.82, 2.24) is 10.2 Å². The second-order valence-corrected chi connectivity index (χ2v) is 4.94. The van der Waals surface area contributed by atoms with Crippen molar-refractivity contribution >= 4 is 0 Å². The maximum absolute atomic E-state index is 3.46. The van der Waals surface area contributed by atoms with E-state index in [0.29, 0.717) is 6.04 Å². The SMILES string of the molecule is CCCCN(CC)CC(NC)c1ccccc1C. The third-order valence-corrected chi connectivity index (χ3v) is 3.63. The van der Waals surface area contributed by atoms with E-state index < -0.39 is 0 Å². The molecule has 0 fully saturated rings. The summed E-state index contributed by atoms with van der Waals surface area (Å²) in [6, 6.07) is 9.12. The van der Waals surface area contributed by atoms with Crippen LogP contribution in [0.25, 0.3) is 0 Å². The number of rotatable bonds is 8. The van der Waals surface area contributed by atoms with Crippen molar-refractivity contribution in [1.29, 1.82) is 0 Å². The van der Waals surface area contributed by atoms with Gasteiger partial charge in [-0.25, -0.2) is 0 Å². The molecule has 102 valence electrons. The summed E-state index contributed by atoms with van der Waals surface area (Å²) in [5, 5.41) is 3.46. The standard InChI is InChI=1S/C16H28N2/c1-5-7-12-18(6-2)13-16(17-4)15-11-9-8-10-14(15)3/h8-11,16-17H,5-7,12-13H2,1-4H3. The lowest BCUT2D eigenvalue weighted by molar-refractivity contribution is 0.254. The fourth-order valence-electron chi connectivity index (χ4n) is 2.34. The number of unbranched alkanes of at least 4 members (excludes halogenated alkanes) is 1. The molecule has 0 spiro atoms. The number of hydrogen-bond acceptors (Lipinski definition) is 2. The van der Waals surface area contributed by atoms with E-state index >= 15 is 0 Å². The molecular formula is C16H28N2. The van der Waals surface area contributed by atoms with Crippen LogP contribution in [0, 0.1) is 6.92 Å². The van der Waals surface area contributed by atoms with E-state index in [1.165, 1.54) is 30.5 Å². The highest BCUT2D eigenvalue weighted by Crippen LogP contribution is 2.18. The lowest BCUT2D eigenvalue weighted by Crippen LogP contribution is -2.34. The summed E-state index contributed by atoms with van der Waals surface area (Å²) in [5.41, 5.74) is 2.80. The minimum atomic E-state index is 0.433. The molecule has 0 aliphatic rings. The molecular weight excluding hydrogens is 220 g/mol. The Kier molecular flexibility index (Phi) is 6.99. The Morgan fingerprint density at radius 2 is 1.94 bits per heavy atom. The first-order valence-corrected chi connectivity index (χ1v) is 7.18. The predicted octanol–water partition coefficient (Wildman–Crippen LogP) is 3.38. The molecule has 1 rings (SSSR count). The van der Waals surface area contributed by atoms with Gasteiger partial charge in [-0.2, -0.15) is 0 Å². The second-order valence-electron chi connectivity index (χ2n) is 4.94. The Hall–Kier alpha value is -0.860. The molecule has 0 bridgehead atoms. The van der Waals surface area contributed by atoms with Crippen LogP contribution in [0.1, 0.15) is 43.9 Å². The number of nitrogens with zero attached hydrogens (tertiary/aromatic N) is 1. The van der Waals surface area contributed by atoms with Crippen LogP contribution in [0.3, 0.4) is 0 Å². The van der Waals surface area contributed by atoms with Gasteiger partial charge in [0.2, 0.25) is 0 Å². The molecule has 1 unspecified atom stereocenters. The number of hydrogen-bond donors (Lipinski definition) is 1. The van der Waals surface area contributed by atoms with E-state index in [0.717, 1.165) is 13.1 Å². The van der Waals surface area contributed by atoms with E-state index in [1.54, 1.807) is 0 Å². The number of aryl methyl sites for hydroxylation is 1. The van der Waals surface area contributed by atoms with Gasteiger partial charge in [0.25, 0.3) is 0 Å². The Labute approximate surface area is 112 Å². The Bertz CT molecular complexity index is 336. The minimum Gasteiger partial charge on any atom is -0.312 e. The quantitative estimate of drug-likeness (QED) is 0.759. The molecule has 0 saturated carbocycles. The van der Waals surface area contributed by atoms with Gasteiger partial charge in [0.1, 0.15) is 0 Å². The second kappa shape index (κ2) is 8.28. The van der Waals surface area contributed by atoms with Gasteiger partial charge in [-0.3, -0.25) is 0 Å². The average Bonchev–Trinajstić information content (AvgIpc) is 2.40. The Morgan fingerprint density at radius 3 is 2.50 bits per heavy atom. The van der Waals surface area contributed by atoms with Crippen LogP contribution in [0.15, 0.2) is 24.3 Å². The molecule has 0 aliphatic heterocycles. The summed E-state index contributed by atoms with van der Waals surface area (Å²) < 4.78 is 0. The third-order valence-electron chi connectivity index (χ3n) is 3.63. The monoisotopic (exact) mass is 248 g/mol. The molecule has 0 aliphatic carbocycles. The zero-order chi connectivity index (χ0) is 13.4. The van der Waals surface area contributed by atoms with Crippen LogP contribution in [-0.4, -0.2) is 31.6 Å². The summed E-state index contributed by atoms with van der Waals surface area (Å²) in [7, 11) is 2.06. The van der Waals surface area contributed by atoms with Crippen LogP contribution in [0.5, 0.6) is 0 Å². The smallest absolute Gasteiger partial charge is 0.0449 e. The van der Waals surface area contributed by atoms with Crippen molar-refractivity contribution in [3.05, 3.63) is 35.4 Å². The highest BCUT2D eigenvalue weighted by Gasteiger charge is 2.14. The van der Waals surface area contributed by atoms with Crippen LogP contribution in [0.2, 0.25) is 0 Å². The van der Waals surface area contributed by atoms with Gasteiger partial charge in [0, 0.05) is 12.6 Å². The van der Waals surface area contributed by atoms with Crippen LogP contribution >= 0.6 is 0 Å². The van der Waals surface area contributed by atoms with Gasteiger partial charge in [-0.15, -0.1) is 0 Å². The van der Waals surface area contributed by atoms with Crippen molar-refractivity contribution in [3.8, 4) is 0 Å². The zero-order valence-electron chi connectivity index (χ0n) is 12.4. The van der Waals surface area contributed by atoms with Crippen molar-refractivity contribution < 1.29 is 0 Å². The highest BCUT2D eigenvalue weighted by molar-refractivity contribution is 5.28. The fraction of sp³-hybridized carbons (Fsp3) is 0.625. The van der Waals surface area contributed by atoms with Gasteiger partial charge >= 0.3 is 0 Å². The molecule has 0 heterocycles. The Balaban J connectivity index is 2.68. The molecule has 2 heteroatoms. The molecule has 0 radical (unpaired) electrons. The lowest BCUT2D eigenvalue weighted by atomic mass is 10.0. The molecule has 1 N–H and O–H groups in total. The van der Waals surface area contributed by atoms with Gasteiger partial charge in [0.15, 0.2) is 0 Å². The lowest BCUT2D eigenvalue weighted by Gasteiger charge is -2.27. The maximum Gasteiger partial charge on any atom is 0.0449 e. The topological polar surface area (TPSA) is 15.3 Å². The molecule has 0 aromatic heterocycles. The summed E-state index contributed by atoms with van der Waals surface area (Å²) >= 11 is 0. The predicted molar refractivity (Wildman–Crippen MR) is 80.0 cm³/mol. The first kappa shape index (κ1) is 15.2. The van der Waals surface area contributed by atoms with Crippen molar-refractivity contribution in [2.45, 2.75) is 39.7 Å². The van der Waals surface area contributed by atoms with E-state index in [-0.39, 0.29) is 0 Å². The molecule has 0 saturated heterocycles. The van der Waals surface area contributed by atoms with Crippen LogP contribution in [-0.2, 0) is 0 Å². The third kappa shape index (κ3) is 4.43. The van der Waals surface area contributed by atoms with Crippen molar-refractivity contribution in [2.75, 3.05) is 26.7 Å². The summed E-state index contributed by atoms with van der Waals surface area (Å²) in [6.45, 7) is 10.1. The van der Waals surface area contributed by atoms with Gasteiger partial charge in [-0.1, -0.05) is 44.5 Å². The van der Waals surface area contributed by atoms with Gasteiger partial charge < -0.3 is 10.2 Å². The van der Waals surface area contributed by atoms with Crippen LogP contribution < -0.4 is 5.32 Å². The van der Waals surface area contributed by atoms with Crippen LogP contribution in [0.4, 0.5) is 0 Å². The summed E-state index contributed by atoms with van der Waals surface area (Å²) in [4.78, 5) is 2.54. The normalized spacial score (nSPS) is 12.9. The number of benzene rings is 1. The van der Waals surface area contributed by atoms with E-state index in [2.05, 4.69) is 62.3 Å². The number of likely N-dealkylation sites (N-methyl/N-ethyl adjacent to an activating group) is 2. The summed E-state index contributed by atoms with van der Waals surface area (Å²) in [6.07, 6.45) is 2.56. The molecule has 1 atom stereocenters.